The Morgan fingerprint density at radius 2 is 2.21 bits per heavy atom. The number of fused-ring (bicyclic) bond motifs is 1. The Morgan fingerprint density at radius 1 is 1.36 bits per heavy atom. The summed E-state index contributed by atoms with van der Waals surface area (Å²) < 4.78 is 0. The molecule has 1 aliphatic heterocycles. The molecular weight excluding hydrogens is 404 g/mol. The summed E-state index contributed by atoms with van der Waals surface area (Å²) in [5, 5.41) is 4.58. The third-order valence-corrected chi connectivity index (χ3v) is 5.19. The smallest absolute Gasteiger partial charge is 0.368 e. The highest BCUT2D eigenvalue weighted by Crippen LogP contribution is 2.28. The van der Waals surface area contributed by atoms with Gasteiger partial charge in [-0.05, 0) is 19.1 Å². The van der Waals surface area contributed by atoms with Gasteiger partial charge in [0, 0.05) is 12.6 Å². The Hall–Kier alpha value is -2.76. The molecule has 0 unspecified atom stereocenters. The van der Waals surface area contributed by atoms with Gasteiger partial charge >= 0.3 is 6.09 Å². The first-order valence-corrected chi connectivity index (χ1v) is 9.74. The summed E-state index contributed by atoms with van der Waals surface area (Å²) in [7, 11) is 0. The topological polar surface area (TPSA) is 122 Å². The van der Waals surface area contributed by atoms with Crippen LogP contribution in [0.25, 0.3) is 10.3 Å². The van der Waals surface area contributed by atoms with Crippen LogP contribution >= 0.6 is 22.9 Å². The van der Waals surface area contributed by atoms with Gasteiger partial charge in [0.05, 0.1) is 30.5 Å². The number of nitrogen functional groups attached to an aromatic ring is 1. The highest BCUT2D eigenvalue weighted by Gasteiger charge is 2.29. The first-order valence-electron chi connectivity index (χ1n) is 8.48. The fourth-order valence-corrected chi connectivity index (χ4v) is 3.76. The van der Waals surface area contributed by atoms with Gasteiger partial charge in [0.1, 0.15) is 10.7 Å². The van der Waals surface area contributed by atoms with Crippen molar-refractivity contribution in [2.75, 3.05) is 35.6 Å². The van der Waals surface area contributed by atoms with Crippen molar-refractivity contribution in [3.63, 3.8) is 0 Å². The van der Waals surface area contributed by atoms with Gasteiger partial charge < -0.3 is 15.5 Å². The van der Waals surface area contributed by atoms with Gasteiger partial charge in [-0.2, -0.15) is 4.98 Å². The van der Waals surface area contributed by atoms with E-state index < -0.39 is 6.09 Å². The van der Waals surface area contributed by atoms with Crippen molar-refractivity contribution in [1.29, 1.82) is 0 Å². The minimum Gasteiger partial charge on any atom is -0.368 e. The van der Waals surface area contributed by atoms with Gasteiger partial charge in [-0.15, -0.1) is 16.4 Å². The lowest BCUT2D eigenvalue weighted by Gasteiger charge is -2.39. The second kappa shape index (κ2) is 7.70. The maximum absolute atomic E-state index is 12.1. The molecule has 28 heavy (non-hydrogen) atoms. The number of hydrogen-bond acceptors (Lipinski definition) is 10. The Balaban J connectivity index is 1.40. The lowest BCUT2D eigenvalue weighted by atomic mass is 10.2. The largest absolute Gasteiger partial charge is 0.430 e. The predicted octanol–water partition coefficient (Wildman–Crippen LogP) is 2.39. The number of carbonyl (C=O) groups is 1. The van der Waals surface area contributed by atoms with Crippen molar-refractivity contribution < 1.29 is 9.63 Å². The van der Waals surface area contributed by atoms with Crippen molar-refractivity contribution in [3.05, 3.63) is 29.0 Å². The number of carbonyl (C=O) groups excluding carboxylic acids is 1. The fraction of sp³-hybridized carbons (Fsp3) is 0.312. The number of hydroxylamine groups is 2. The van der Waals surface area contributed by atoms with Gasteiger partial charge in [-0.1, -0.05) is 11.6 Å². The number of nitrogens with zero attached hydrogens (tertiary/aromatic N) is 6. The van der Waals surface area contributed by atoms with Crippen molar-refractivity contribution in [2.45, 2.75) is 13.0 Å². The summed E-state index contributed by atoms with van der Waals surface area (Å²) in [6.45, 7) is 3.63. The molecule has 1 atom stereocenters. The van der Waals surface area contributed by atoms with Gasteiger partial charge in [-0.3, -0.25) is 5.32 Å². The van der Waals surface area contributed by atoms with Crippen LogP contribution in [0.1, 0.15) is 6.92 Å². The number of aromatic nitrogens is 4. The van der Waals surface area contributed by atoms with E-state index in [0.29, 0.717) is 36.3 Å². The first-order chi connectivity index (χ1) is 13.5. The Labute approximate surface area is 169 Å². The molecule has 0 spiro atoms. The molecule has 4 heterocycles. The number of anilines is 3. The summed E-state index contributed by atoms with van der Waals surface area (Å²) >= 11 is 7.16. The van der Waals surface area contributed by atoms with Crippen molar-refractivity contribution in [1.82, 2.24) is 25.0 Å². The van der Waals surface area contributed by atoms with E-state index in [2.05, 4.69) is 30.2 Å². The summed E-state index contributed by atoms with van der Waals surface area (Å²) in [6, 6.07) is 3.26. The molecule has 0 aromatic carbocycles. The van der Waals surface area contributed by atoms with Gasteiger partial charge in [-0.25, -0.2) is 19.7 Å². The highest BCUT2D eigenvalue weighted by atomic mass is 35.5. The Morgan fingerprint density at radius 3 is 2.96 bits per heavy atom. The molecule has 1 fully saturated rings. The van der Waals surface area contributed by atoms with E-state index in [-0.39, 0.29) is 12.0 Å². The second-order valence-electron chi connectivity index (χ2n) is 6.22. The third-order valence-electron chi connectivity index (χ3n) is 4.25. The molecule has 146 valence electrons. The zero-order chi connectivity index (χ0) is 19.7. The normalized spacial score (nSPS) is 17.6. The SMILES string of the molecule is C[C@H]1CN(OC(=O)Nc2ccc(Cl)nc2)CCN1c1nc(N)nc2scnc12. The fourth-order valence-electron chi connectivity index (χ4n) is 2.99. The van der Waals surface area contributed by atoms with Gasteiger partial charge in [0.2, 0.25) is 5.95 Å². The first kappa shape index (κ1) is 18.6. The number of nitrogens with one attached hydrogen (secondary N) is 1. The van der Waals surface area contributed by atoms with Crippen molar-refractivity contribution in [3.8, 4) is 0 Å². The van der Waals surface area contributed by atoms with Gasteiger partial charge in [0.15, 0.2) is 10.6 Å². The van der Waals surface area contributed by atoms with E-state index in [9.17, 15) is 4.79 Å². The maximum Gasteiger partial charge on any atom is 0.430 e. The number of thiazole rings is 1. The molecule has 0 radical (unpaired) electrons. The minimum absolute atomic E-state index is 0.0259. The van der Waals surface area contributed by atoms with E-state index in [4.69, 9.17) is 22.2 Å². The van der Waals surface area contributed by atoms with Crippen LogP contribution in [-0.2, 0) is 4.84 Å². The maximum atomic E-state index is 12.1. The average molecular weight is 421 g/mol. The zero-order valence-electron chi connectivity index (χ0n) is 14.9. The molecule has 3 N–H and O–H groups in total. The van der Waals surface area contributed by atoms with Crippen LogP contribution in [0.4, 0.5) is 22.2 Å². The van der Waals surface area contributed by atoms with E-state index in [0.717, 1.165) is 10.3 Å². The van der Waals surface area contributed by atoms with E-state index in [1.54, 1.807) is 22.7 Å². The minimum atomic E-state index is -0.585. The molecule has 1 aliphatic rings. The Kier molecular flexibility index (Phi) is 5.11. The predicted molar refractivity (Wildman–Crippen MR) is 107 cm³/mol. The van der Waals surface area contributed by atoms with Crippen LogP contribution in [0.2, 0.25) is 5.15 Å². The number of rotatable bonds is 3. The number of hydrogen-bond donors (Lipinski definition) is 2. The highest BCUT2D eigenvalue weighted by molar-refractivity contribution is 7.16. The molecule has 3 aromatic rings. The summed E-state index contributed by atoms with van der Waals surface area (Å²) in [5.41, 5.74) is 8.80. The van der Waals surface area contributed by atoms with Crippen molar-refractivity contribution >= 4 is 56.8 Å². The van der Waals surface area contributed by atoms with E-state index >= 15 is 0 Å². The van der Waals surface area contributed by atoms with Crippen molar-refractivity contribution in [2.24, 2.45) is 0 Å². The van der Waals surface area contributed by atoms with Crippen LogP contribution in [0.5, 0.6) is 0 Å². The molecule has 10 nitrogen and oxygen atoms in total. The second-order valence-corrected chi connectivity index (χ2v) is 7.44. The van der Waals surface area contributed by atoms with Crippen LogP contribution in [-0.4, -0.2) is 56.8 Å². The van der Waals surface area contributed by atoms with Crippen LogP contribution < -0.4 is 16.0 Å². The van der Waals surface area contributed by atoms with E-state index in [1.165, 1.54) is 17.5 Å². The molecule has 0 bridgehead atoms. The number of nitrogens with two attached hydrogens (primary N) is 1. The van der Waals surface area contributed by atoms with E-state index in [1.807, 2.05) is 6.92 Å². The average Bonchev–Trinajstić information content (AvgIpc) is 3.11. The molecule has 4 rings (SSSR count). The summed E-state index contributed by atoms with van der Waals surface area (Å²) in [5.74, 6) is 0.918. The zero-order valence-corrected chi connectivity index (χ0v) is 16.4. The van der Waals surface area contributed by atoms with Crippen LogP contribution in [0.15, 0.2) is 23.8 Å². The quantitative estimate of drug-likeness (QED) is 0.614. The standard InChI is InChI=1S/C16H17ClN8O2S/c1-9-7-24(27-16(26)21-10-2-3-11(17)19-6-10)4-5-25(9)13-12-14(28-8-20-12)23-15(18)22-13/h2-3,6,8-9H,4-5,7H2,1H3,(H,21,26)(H2,18,22,23)/t9-/m0/s1. The summed E-state index contributed by atoms with van der Waals surface area (Å²) in [4.78, 5) is 37.2. The monoisotopic (exact) mass is 420 g/mol. The van der Waals surface area contributed by atoms with Crippen LogP contribution in [0, 0.1) is 0 Å². The molecule has 0 saturated carbocycles. The molecule has 1 amide bonds. The molecule has 12 heteroatoms. The number of halogens is 1. The lowest BCUT2D eigenvalue weighted by Crippen LogP contribution is -2.53. The summed E-state index contributed by atoms with van der Waals surface area (Å²) in [6.07, 6.45) is 0.876. The number of piperazine rings is 1. The number of pyridine rings is 1. The van der Waals surface area contributed by atoms with Gasteiger partial charge in [0.25, 0.3) is 0 Å². The molecule has 1 saturated heterocycles. The number of amides is 1. The molecule has 0 aliphatic carbocycles. The molecular formula is C16H17ClN8O2S. The Bertz CT molecular complexity index is 998. The third kappa shape index (κ3) is 3.91. The van der Waals surface area contributed by atoms with Crippen LogP contribution in [0.3, 0.4) is 0 Å². The lowest BCUT2D eigenvalue weighted by molar-refractivity contribution is -0.103. The molecule has 3 aromatic heterocycles.